The zero-order valence-electron chi connectivity index (χ0n) is 10.3. The van der Waals surface area contributed by atoms with E-state index in [1.807, 2.05) is 13.0 Å². The lowest BCUT2D eigenvalue weighted by Gasteiger charge is -2.08. The number of rotatable bonds is 6. The van der Waals surface area contributed by atoms with Gasteiger partial charge in [-0.1, -0.05) is 44.0 Å². The van der Waals surface area contributed by atoms with Crippen molar-refractivity contribution in [3.05, 3.63) is 41.5 Å². The molecule has 0 radical (unpaired) electrons. The molecule has 0 unspecified atom stereocenters. The molecule has 88 valence electrons. The van der Waals surface area contributed by atoms with Crippen molar-refractivity contribution in [2.45, 2.75) is 39.5 Å². The normalized spacial score (nSPS) is 11.6. The summed E-state index contributed by atoms with van der Waals surface area (Å²) in [7, 11) is 0. The van der Waals surface area contributed by atoms with Gasteiger partial charge in [-0.25, -0.2) is 0 Å². The molecule has 1 aromatic rings. The molecular formula is C14H22N2. The molecule has 0 bridgehead atoms. The molecule has 0 saturated heterocycles. The minimum absolute atomic E-state index is 0.984. The van der Waals surface area contributed by atoms with E-state index >= 15 is 0 Å². The van der Waals surface area contributed by atoms with Crippen LogP contribution in [0.3, 0.4) is 0 Å². The van der Waals surface area contributed by atoms with Crippen LogP contribution in [-0.4, -0.2) is 0 Å². The topological polar surface area (TPSA) is 38.0 Å². The van der Waals surface area contributed by atoms with Gasteiger partial charge in [-0.3, -0.25) is 5.84 Å². The Balaban J connectivity index is 2.70. The third-order valence-electron chi connectivity index (χ3n) is 2.75. The van der Waals surface area contributed by atoms with E-state index in [2.05, 4.69) is 36.6 Å². The smallest absolute Gasteiger partial charge is 0.0514 e. The van der Waals surface area contributed by atoms with Crippen molar-refractivity contribution in [2.24, 2.45) is 5.84 Å². The van der Waals surface area contributed by atoms with Crippen molar-refractivity contribution < 1.29 is 0 Å². The Hall–Kier alpha value is -1.28. The highest BCUT2D eigenvalue weighted by molar-refractivity contribution is 5.63. The molecule has 0 fully saturated rings. The maximum Gasteiger partial charge on any atom is 0.0514 e. The van der Waals surface area contributed by atoms with Gasteiger partial charge in [0.05, 0.1) is 5.70 Å². The van der Waals surface area contributed by atoms with Crippen LogP contribution in [0.15, 0.2) is 30.3 Å². The van der Waals surface area contributed by atoms with Gasteiger partial charge in [0.15, 0.2) is 0 Å². The predicted octanol–water partition coefficient (Wildman–Crippen LogP) is 3.24. The van der Waals surface area contributed by atoms with E-state index < -0.39 is 0 Å². The van der Waals surface area contributed by atoms with E-state index in [9.17, 15) is 0 Å². The zero-order valence-corrected chi connectivity index (χ0v) is 10.3. The molecule has 0 aromatic heterocycles. The van der Waals surface area contributed by atoms with E-state index in [0.717, 1.165) is 12.1 Å². The van der Waals surface area contributed by atoms with Crippen molar-refractivity contribution in [1.82, 2.24) is 5.43 Å². The first kappa shape index (κ1) is 12.8. The summed E-state index contributed by atoms with van der Waals surface area (Å²) in [6.45, 7) is 4.21. The fourth-order valence-electron chi connectivity index (χ4n) is 1.81. The van der Waals surface area contributed by atoms with Crippen LogP contribution in [0.2, 0.25) is 0 Å². The quantitative estimate of drug-likeness (QED) is 0.437. The van der Waals surface area contributed by atoms with Crippen LogP contribution in [0.25, 0.3) is 5.70 Å². The SMILES string of the molecule is C/C=C(\NN)c1cccc(CCCCC)c1. The second-order valence-electron chi connectivity index (χ2n) is 4.00. The Kier molecular flexibility index (Phi) is 5.65. The van der Waals surface area contributed by atoms with Crippen LogP contribution in [0.5, 0.6) is 0 Å². The predicted molar refractivity (Wildman–Crippen MR) is 70.6 cm³/mol. The first-order valence-corrected chi connectivity index (χ1v) is 6.04. The lowest BCUT2D eigenvalue weighted by molar-refractivity contribution is 0.717. The van der Waals surface area contributed by atoms with Crippen molar-refractivity contribution >= 4 is 5.70 Å². The highest BCUT2D eigenvalue weighted by Gasteiger charge is 1.99. The van der Waals surface area contributed by atoms with Gasteiger partial charge in [0.25, 0.3) is 0 Å². The highest BCUT2D eigenvalue weighted by atomic mass is 15.2. The Labute approximate surface area is 98.5 Å². The number of allylic oxidation sites excluding steroid dienone is 1. The number of hydrogen-bond donors (Lipinski definition) is 2. The summed E-state index contributed by atoms with van der Waals surface area (Å²) in [5.41, 5.74) is 6.26. The van der Waals surface area contributed by atoms with Gasteiger partial charge < -0.3 is 5.43 Å². The van der Waals surface area contributed by atoms with Gasteiger partial charge in [-0.15, -0.1) is 0 Å². The summed E-state index contributed by atoms with van der Waals surface area (Å²) in [6, 6.07) is 8.57. The van der Waals surface area contributed by atoms with Gasteiger partial charge in [-0.2, -0.15) is 0 Å². The standard InChI is InChI=1S/C14H22N2/c1-3-5-6-8-12-9-7-10-13(11-12)14(4-2)16-15/h4,7,9-11,16H,3,5-6,8,15H2,1-2H3/b14-4-. The molecule has 0 spiro atoms. The van der Waals surface area contributed by atoms with E-state index in [-0.39, 0.29) is 0 Å². The Morgan fingerprint density at radius 3 is 2.81 bits per heavy atom. The van der Waals surface area contributed by atoms with Crippen LogP contribution in [-0.2, 0) is 6.42 Å². The summed E-state index contributed by atoms with van der Waals surface area (Å²) < 4.78 is 0. The lowest BCUT2D eigenvalue weighted by atomic mass is 10.0. The third-order valence-corrected chi connectivity index (χ3v) is 2.75. The van der Waals surface area contributed by atoms with Crippen LogP contribution >= 0.6 is 0 Å². The molecule has 16 heavy (non-hydrogen) atoms. The van der Waals surface area contributed by atoms with Crippen LogP contribution in [0, 0.1) is 0 Å². The molecule has 3 N–H and O–H groups in total. The molecule has 0 amide bonds. The molecule has 2 heteroatoms. The molecule has 0 aliphatic heterocycles. The summed E-state index contributed by atoms with van der Waals surface area (Å²) in [6.07, 6.45) is 6.98. The summed E-state index contributed by atoms with van der Waals surface area (Å²) in [4.78, 5) is 0. The van der Waals surface area contributed by atoms with E-state index in [1.165, 1.54) is 30.4 Å². The van der Waals surface area contributed by atoms with Gasteiger partial charge in [0.2, 0.25) is 0 Å². The van der Waals surface area contributed by atoms with Gasteiger partial charge >= 0.3 is 0 Å². The summed E-state index contributed by atoms with van der Waals surface area (Å²) in [5, 5.41) is 0. The maximum absolute atomic E-state index is 5.47. The van der Waals surface area contributed by atoms with E-state index in [1.54, 1.807) is 0 Å². The number of benzene rings is 1. The average molecular weight is 218 g/mol. The second kappa shape index (κ2) is 7.07. The summed E-state index contributed by atoms with van der Waals surface area (Å²) >= 11 is 0. The van der Waals surface area contributed by atoms with Crippen molar-refractivity contribution in [3.63, 3.8) is 0 Å². The van der Waals surface area contributed by atoms with Crippen LogP contribution in [0.4, 0.5) is 0 Å². The van der Waals surface area contributed by atoms with Crippen molar-refractivity contribution in [1.29, 1.82) is 0 Å². The van der Waals surface area contributed by atoms with E-state index in [4.69, 9.17) is 5.84 Å². The van der Waals surface area contributed by atoms with E-state index in [0.29, 0.717) is 0 Å². The molecule has 1 aromatic carbocycles. The molecular weight excluding hydrogens is 196 g/mol. The van der Waals surface area contributed by atoms with Crippen LogP contribution < -0.4 is 11.3 Å². The number of nitrogens with two attached hydrogens (primary N) is 1. The van der Waals surface area contributed by atoms with Gasteiger partial charge in [0.1, 0.15) is 0 Å². The highest BCUT2D eigenvalue weighted by Crippen LogP contribution is 2.14. The Bertz CT molecular complexity index is 342. The monoisotopic (exact) mass is 218 g/mol. The number of nitrogens with one attached hydrogen (secondary N) is 1. The molecule has 0 aliphatic carbocycles. The molecule has 1 rings (SSSR count). The lowest BCUT2D eigenvalue weighted by Crippen LogP contribution is -2.19. The fourth-order valence-corrected chi connectivity index (χ4v) is 1.81. The molecule has 2 nitrogen and oxygen atoms in total. The largest absolute Gasteiger partial charge is 0.324 e. The molecule has 0 aliphatic rings. The maximum atomic E-state index is 5.47. The third kappa shape index (κ3) is 3.70. The zero-order chi connectivity index (χ0) is 11.8. The number of hydrazine groups is 1. The second-order valence-corrected chi connectivity index (χ2v) is 4.00. The molecule has 0 saturated carbocycles. The van der Waals surface area contributed by atoms with Gasteiger partial charge in [0, 0.05) is 0 Å². The number of unbranched alkanes of at least 4 members (excludes halogenated alkanes) is 2. The van der Waals surface area contributed by atoms with Crippen molar-refractivity contribution in [2.75, 3.05) is 0 Å². The summed E-state index contributed by atoms with van der Waals surface area (Å²) in [5.74, 6) is 5.47. The Morgan fingerprint density at radius 1 is 1.38 bits per heavy atom. The fraction of sp³-hybridized carbons (Fsp3) is 0.429. The number of aryl methyl sites for hydroxylation is 1. The van der Waals surface area contributed by atoms with Crippen molar-refractivity contribution in [3.8, 4) is 0 Å². The first-order valence-electron chi connectivity index (χ1n) is 6.04. The van der Waals surface area contributed by atoms with Gasteiger partial charge in [-0.05, 0) is 37.0 Å². The minimum atomic E-state index is 0.984. The minimum Gasteiger partial charge on any atom is -0.324 e. The average Bonchev–Trinajstić information content (AvgIpc) is 2.32. The van der Waals surface area contributed by atoms with Crippen LogP contribution in [0.1, 0.15) is 44.2 Å². The number of hydrogen-bond acceptors (Lipinski definition) is 2. The molecule has 0 atom stereocenters. The Morgan fingerprint density at radius 2 is 2.19 bits per heavy atom. The molecule has 0 heterocycles. The first-order chi connectivity index (χ1) is 7.81.